The molecule has 0 aromatic heterocycles. The fourth-order valence-corrected chi connectivity index (χ4v) is 1.68. The maximum Gasteiger partial charge on any atom is 0.390 e. The molecule has 1 saturated carbocycles. The van der Waals surface area contributed by atoms with Gasteiger partial charge in [-0.3, -0.25) is 4.79 Å². The second kappa shape index (κ2) is 7.33. The van der Waals surface area contributed by atoms with Gasteiger partial charge in [-0.15, -0.1) is 12.4 Å². The number of hydrogen-bond donors (Lipinski definition) is 1. The Hall–Kier alpha value is -0.490. The number of nitrogens with two attached hydrogens (primary N) is 1. The van der Waals surface area contributed by atoms with Crippen LogP contribution in [0.4, 0.5) is 13.2 Å². The summed E-state index contributed by atoms with van der Waals surface area (Å²) >= 11 is 0. The monoisotopic (exact) mass is 302 g/mol. The summed E-state index contributed by atoms with van der Waals surface area (Å²) in [6, 6.07) is -0.343. The van der Waals surface area contributed by atoms with Crippen LogP contribution in [-0.4, -0.2) is 36.1 Å². The third-order valence-corrected chi connectivity index (χ3v) is 3.33. The Morgan fingerprint density at radius 2 is 1.89 bits per heavy atom. The van der Waals surface area contributed by atoms with Gasteiger partial charge in [0.15, 0.2) is 0 Å². The van der Waals surface area contributed by atoms with Crippen molar-refractivity contribution in [1.29, 1.82) is 0 Å². The normalized spacial score (nSPS) is 18.4. The van der Waals surface area contributed by atoms with Gasteiger partial charge in [0, 0.05) is 19.1 Å². The standard InChI is InChI=1S/C12H21F3N2O.ClH/c1-8(9(2)16)11(18)17(7-10-3-4-10)6-5-12(13,14)15;/h8-10H,3-7,16H2,1-2H3;1H. The predicted octanol–water partition coefficient (Wildman–Crippen LogP) is 2.58. The van der Waals surface area contributed by atoms with Crippen LogP contribution in [0, 0.1) is 11.8 Å². The van der Waals surface area contributed by atoms with Crippen LogP contribution in [-0.2, 0) is 4.79 Å². The smallest absolute Gasteiger partial charge is 0.342 e. The van der Waals surface area contributed by atoms with E-state index in [1.54, 1.807) is 13.8 Å². The third kappa shape index (κ3) is 7.01. The highest BCUT2D eigenvalue weighted by Crippen LogP contribution is 2.31. The number of nitrogens with zero attached hydrogens (tertiary/aromatic N) is 1. The highest BCUT2D eigenvalue weighted by molar-refractivity contribution is 5.85. The summed E-state index contributed by atoms with van der Waals surface area (Å²) < 4.78 is 36.7. The van der Waals surface area contributed by atoms with Crippen LogP contribution < -0.4 is 5.73 Å². The summed E-state index contributed by atoms with van der Waals surface area (Å²) in [5.74, 6) is -0.319. The quantitative estimate of drug-likeness (QED) is 0.820. The molecule has 0 aliphatic heterocycles. The molecule has 1 rings (SSSR count). The van der Waals surface area contributed by atoms with Crippen molar-refractivity contribution in [3.63, 3.8) is 0 Å². The number of carbonyl (C=O) groups excluding carboxylic acids is 1. The first-order valence-electron chi connectivity index (χ1n) is 6.32. The predicted molar refractivity (Wildman–Crippen MR) is 70.0 cm³/mol. The van der Waals surface area contributed by atoms with Crippen molar-refractivity contribution in [3.05, 3.63) is 0 Å². The lowest BCUT2D eigenvalue weighted by Crippen LogP contribution is -2.43. The second-order valence-corrected chi connectivity index (χ2v) is 5.24. The molecule has 0 heterocycles. The molecular formula is C12H22ClF3N2O. The molecule has 3 nitrogen and oxygen atoms in total. The van der Waals surface area contributed by atoms with E-state index < -0.39 is 18.5 Å². The van der Waals surface area contributed by atoms with Crippen molar-refractivity contribution in [1.82, 2.24) is 4.90 Å². The number of halogens is 4. The molecule has 1 amide bonds. The lowest BCUT2D eigenvalue weighted by molar-refractivity contribution is -0.147. The van der Waals surface area contributed by atoms with Gasteiger partial charge in [0.25, 0.3) is 0 Å². The van der Waals surface area contributed by atoms with Crippen LogP contribution >= 0.6 is 12.4 Å². The minimum absolute atomic E-state index is 0. The number of alkyl halides is 3. The summed E-state index contributed by atoms with van der Waals surface area (Å²) in [4.78, 5) is 13.4. The molecule has 1 aliphatic carbocycles. The minimum Gasteiger partial charge on any atom is -0.342 e. The fourth-order valence-electron chi connectivity index (χ4n) is 1.68. The van der Waals surface area contributed by atoms with Crippen LogP contribution in [0.1, 0.15) is 33.1 Å². The zero-order valence-corrected chi connectivity index (χ0v) is 12.1. The van der Waals surface area contributed by atoms with Crippen molar-refractivity contribution in [2.45, 2.75) is 45.3 Å². The lowest BCUT2D eigenvalue weighted by Gasteiger charge is -2.27. The van der Waals surface area contributed by atoms with Crippen LogP contribution in [0.2, 0.25) is 0 Å². The Morgan fingerprint density at radius 3 is 2.26 bits per heavy atom. The molecule has 114 valence electrons. The van der Waals surface area contributed by atoms with Crippen molar-refractivity contribution in [3.8, 4) is 0 Å². The molecule has 0 aromatic carbocycles. The van der Waals surface area contributed by atoms with Crippen molar-refractivity contribution in [2.24, 2.45) is 17.6 Å². The van der Waals surface area contributed by atoms with E-state index in [4.69, 9.17) is 5.73 Å². The van der Waals surface area contributed by atoms with E-state index in [-0.39, 0.29) is 30.9 Å². The van der Waals surface area contributed by atoms with Gasteiger partial charge in [0.05, 0.1) is 12.3 Å². The SMILES string of the molecule is CC(N)C(C)C(=O)N(CCC(F)(F)F)CC1CC1.Cl. The summed E-state index contributed by atoms with van der Waals surface area (Å²) in [5, 5.41) is 0. The minimum atomic E-state index is -4.22. The Morgan fingerprint density at radius 1 is 1.37 bits per heavy atom. The van der Waals surface area contributed by atoms with Crippen LogP contribution in [0.5, 0.6) is 0 Å². The van der Waals surface area contributed by atoms with Crippen molar-refractivity contribution >= 4 is 18.3 Å². The van der Waals surface area contributed by atoms with E-state index >= 15 is 0 Å². The van der Waals surface area contributed by atoms with Gasteiger partial charge >= 0.3 is 6.18 Å². The third-order valence-electron chi connectivity index (χ3n) is 3.33. The first-order valence-corrected chi connectivity index (χ1v) is 6.32. The van der Waals surface area contributed by atoms with E-state index in [1.165, 1.54) is 4.90 Å². The molecular weight excluding hydrogens is 281 g/mol. The molecule has 1 aliphatic rings. The van der Waals surface area contributed by atoms with Gasteiger partial charge in [-0.1, -0.05) is 6.92 Å². The van der Waals surface area contributed by atoms with Gasteiger partial charge in [0.2, 0.25) is 5.91 Å². The van der Waals surface area contributed by atoms with Crippen LogP contribution in [0.15, 0.2) is 0 Å². The molecule has 19 heavy (non-hydrogen) atoms. The Bertz CT molecular complexity index is 293. The maximum absolute atomic E-state index is 12.2. The zero-order chi connectivity index (χ0) is 13.9. The summed E-state index contributed by atoms with van der Waals surface area (Å²) in [7, 11) is 0. The largest absolute Gasteiger partial charge is 0.390 e. The molecule has 2 N–H and O–H groups in total. The van der Waals surface area contributed by atoms with E-state index in [0.29, 0.717) is 12.5 Å². The zero-order valence-electron chi connectivity index (χ0n) is 11.2. The summed E-state index contributed by atoms with van der Waals surface area (Å²) in [5.41, 5.74) is 5.63. The van der Waals surface area contributed by atoms with E-state index in [2.05, 4.69) is 0 Å². The summed E-state index contributed by atoms with van der Waals surface area (Å²) in [6.07, 6.45) is -3.17. The number of amides is 1. The van der Waals surface area contributed by atoms with Gasteiger partial charge < -0.3 is 10.6 Å². The van der Waals surface area contributed by atoms with Crippen LogP contribution in [0.25, 0.3) is 0 Å². The number of hydrogen-bond acceptors (Lipinski definition) is 2. The molecule has 0 aromatic rings. The molecule has 1 fully saturated rings. The van der Waals surface area contributed by atoms with Gasteiger partial charge in [0.1, 0.15) is 0 Å². The van der Waals surface area contributed by atoms with Crippen molar-refractivity contribution < 1.29 is 18.0 Å². The van der Waals surface area contributed by atoms with Crippen LogP contribution in [0.3, 0.4) is 0 Å². The van der Waals surface area contributed by atoms with E-state index in [1.807, 2.05) is 0 Å². The first kappa shape index (κ1) is 18.5. The Kier molecular flexibility index (Phi) is 7.15. The molecule has 0 saturated heterocycles. The summed E-state index contributed by atoms with van der Waals surface area (Å²) in [6.45, 7) is 3.55. The average Bonchev–Trinajstić information content (AvgIpc) is 3.04. The molecule has 0 radical (unpaired) electrons. The van der Waals surface area contributed by atoms with Gasteiger partial charge in [-0.25, -0.2) is 0 Å². The fraction of sp³-hybridized carbons (Fsp3) is 0.917. The van der Waals surface area contributed by atoms with Gasteiger partial charge in [-0.2, -0.15) is 13.2 Å². The number of carbonyl (C=O) groups is 1. The number of rotatable bonds is 6. The van der Waals surface area contributed by atoms with Crippen molar-refractivity contribution in [2.75, 3.05) is 13.1 Å². The molecule has 0 spiro atoms. The molecule has 7 heteroatoms. The second-order valence-electron chi connectivity index (χ2n) is 5.24. The molecule has 0 bridgehead atoms. The molecule has 2 atom stereocenters. The Balaban J connectivity index is 0.00000324. The topological polar surface area (TPSA) is 46.3 Å². The molecule has 2 unspecified atom stereocenters. The van der Waals surface area contributed by atoms with E-state index in [9.17, 15) is 18.0 Å². The lowest BCUT2D eigenvalue weighted by atomic mass is 10.0. The Labute approximate surface area is 118 Å². The highest BCUT2D eigenvalue weighted by Gasteiger charge is 2.33. The first-order chi connectivity index (χ1) is 8.20. The van der Waals surface area contributed by atoms with E-state index in [0.717, 1.165) is 12.8 Å². The average molecular weight is 303 g/mol. The highest BCUT2D eigenvalue weighted by atomic mass is 35.5. The van der Waals surface area contributed by atoms with Gasteiger partial charge in [-0.05, 0) is 25.7 Å². The maximum atomic E-state index is 12.2.